The van der Waals surface area contributed by atoms with Crippen LogP contribution in [0.25, 0.3) is 6.08 Å². The largest absolute Gasteiger partial charge is 0.497 e. The number of aryl methyl sites for hydroxylation is 1. The van der Waals surface area contributed by atoms with E-state index in [1.807, 2.05) is 71.6 Å². The molecule has 5 rings (SSSR count). The average molecular weight is 630 g/mol. The van der Waals surface area contributed by atoms with E-state index in [9.17, 15) is 9.59 Å². The SMILES string of the molecule is CCCCc1ccc(CN(C(=O)/C=C/c2ccc(OC)cc2)[C@@H](Cc2ccccc2)C(=O)N2CCN(Cc3ccccc3)CC2)cc1. The number of amides is 2. The third-order valence-corrected chi connectivity index (χ3v) is 8.88. The first-order valence-corrected chi connectivity index (χ1v) is 16.8. The first kappa shape index (κ1) is 33.7. The van der Waals surface area contributed by atoms with Gasteiger partial charge in [0.2, 0.25) is 11.8 Å². The molecule has 0 spiro atoms. The van der Waals surface area contributed by atoms with Crippen LogP contribution in [0.3, 0.4) is 0 Å². The van der Waals surface area contributed by atoms with Crippen molar-refractivity contribution in [1.29, 1.82) is 0 Å². The molecule has 0 radical (unpaired) electrons. The number of hydrogen-bond donors (Lipinski definition) is 0. The number of rotatable bonds is 14. The van der Waals surface area contributed by atoms with Crippen molar-refractivity contribution in [2.24, 2.45) is 0 Å². The van der Waals surface area contributed by atoms with E-state index in [4.69, 9.17) is 4.74 Å². The molecule has 0 bridgehead atoms. The van der Waals surface area contributed by atoms with Crippen LogP contribution in [0.2, 0.25) is 0 Å². The minimum Gasteiger partial charge on any atom is -0.497 e. The van der Waals surface area contributed by atoms with Crippen molar-refractivity contribution in [3.05, 3.63) is 143 Å². The smallest absolute Gasteiger partial charge is 0.247 e. The summed E-state index contributed by atoms with van der Waals surface area (Å²) in [7, 11) is 1.63. The second-order valence-corrected chi connectivity index (χ2v) is 12.3. The van der Waals surface area contributed by atoms with Crippen molar-refractivity contribution in [2.75, 3.05) is 33.3 Å². The molecule has 6 nitrogen and oxygen atoms in total. The monoisotopic (exact) mass is 629 g/mol. The number of unbranched alkanes of at least 4 members (excludes halogenated alkanes) is 1. The third kappa shape index (κ3) is 9.90. The molecule has 1 aliphatic rings. The number of carbonyl (C=O) groups excluding carboxylic acids is 2. The Balaban J connectivity index is 1.40. The number of benzene rings is 4. The second-order valence-electron chi connectivity index (χ2n) is 12.3. The summed E-state index contributed by atoms with van der Waals surface area (Å²) in [5.41, 5.74) is 5.49. The highest BCUT2D eigenvalue weighted by Gasteiger charge is 2.34. The fourth-order valence-corrected chi connectivity index (χ4v) is 6.06. The van der Waals surface area contributed by atoms with Gasteiger partial charge in [-0.15, -0.1) is 0 Å². The Bertz CT molecular complexity index is 1560. The molecule has 0 saturated carbocycles. The number of hydrogen-bond acceptors (Lipinski definition) is 4. The Kier molecular flexibility index (Phi) is 12.4. The number of nitrogens with zero attached hydrogens (tertiary/aromatic N) is 3. The Morgan fingerprint density at radius 2 is 1.38 bits per heavy atom. The van der Waals surface area contributed by atoms with Crippen LogP contribution in [0.4, 0.5) is 0 Å². The standard InChI is InChI=1S/C41H47N3O3/c1-3-4-11-33-16-18-37(19-17-33)32-44(40(45)25-22-34-20-23-38(47-2)24-21-34)39(30-35-12-7-5-8-13-35)41(46)43-28-26-42(27-29-43)31-36-14-9-6-10-15-36/h5-10,12-25,39H,3-4,11,26-32H2,1-2H3/b25-22+/t39-/m0/s1. The number of carbonyl (C=O) groups is 2. The number of piperazine rings is 1. The molecule has 6 heteroatoms. The Morgan fingerprint density at radius 1 is 0.766 bits per heavy atom. The fourth-order valence-electron chi connectivity index (χ4n) is 6.06. The Morgan fingerprint density at radius 3 is 2.00 bits per heavy atom. The zero-order valence-electron chi connectivity index (χ0n) is 27.8. The van der Waals surface area contributed by atoms with Crippen molar-refractivity contribution in [3.8, 4) is 5.75 Å². The van der Waals surface area contributed by atoms with Gasteiger partial charge in [0.05, 0.1) is 7.11 Å². The third-order valence-electron chi connectivity index (χ3n) is 8.88. The summed E-state index contributed by atoms with van der Waals surface area (Å²) in [6, 6.07) is 36.0. The van der Waals surface area contributed by atoms with E-state index in [0.717, 1.165) is 61.3 Å². The van der Waals surface area contributed by atoms with Gasteiger partial charge < -0.3 is 14.5 Å². The lowest BCUT2D eigenvalue weighted by Crippen LogP contribution is -2.56. The molecule has 1 fully saturated rings. The molecule has 244 valence electrons. The van der Waals surface area contributed by atoms with Crippen LogP contribution >= 0.6 is 0 Å². The first-order chi connectivity index (χ1) is 23.0. The summed E-state index contributed by atoms with van der Waals surface area (Å²) in [5, 5.41) is 0. The van der Waals surface area contributed by atoms with E-state index >= 15 is 0 Å². The van der Waals surface area contributed by atoms with Gasteiger partial charge in [0.1, 0.15) is 11.8 Å². The molecule has 4 aromatic carbocycles. The minimum atomic E-state index is -0.647. The van der Waals surface area contributed by atoms with Gasteiger partial charge in [-0.2, -0.15) is 0 Å². The molecule has 0 aliphatic carbocycles. The summed E-state index contributed by atoms with van der Waals surface area (Å²) < 4.78 is 5.29. The van der Waals surface area contributed by atoms with E-state index < -0.39 is 6.04 Å². The number of methoxy groups -OCH3 is 1. The summed E-state index contributed by atoms with van der Waals surface area (Å²) >= 11 is 0. The van der Waals surface area contributed by atoms with E-state index in [1.165, 1.54) is 11.1 Å². The lowest BCUT2D eigenvalue weighted by molar-refractivity contribution is -0.145. The lowest BCUT2D eigenvalue weighted by Gasteiger charge is -2.39. The molecule has 1 aliphatic heterocycles. The summed E-state index contributed by atoms with van der Waals surface area (Å²) in [6.07, 6.45) is 7.19. The van der Waals surface area contributed by atoms with Gasteiger partial charge in [-0.3, -0.25) is 14.5 Å². The highest BCUT2D eigenvalue weighted by molar-refractivity contribution is 5.95. The van der Waals surface area contributed by atoms with Crippen LogP contribution in [-0.4, -0.2) is 65.8 Å². The Hall–Kier alpha value is -4.68. The van der Waals surface area contributed by atoms with Crippen LogP contribution in [0.15, 0.2) is 115 Å². The maximum Gasteiger partial charge on any atom is 0.247 e. The molecule has 0 aromatic heterocycles. The van der Waals surface area contributed by atoms with Crippen molar-refractivity contribution < 1.29 is 14.3 Å². The molecule has 4 aromatic rings. The van der Waals surface area contributed by atoms with Crippen molar-refractivity contribution >= 4 is 17.9 Å². The van der Waals surface area contributed by atoms with Gasteiger partial charge in [-0.25, -0.2) is 0 Å². The second kappa shape index (κ2) is 17.3. The predicted molar refractivity (Wildman–Crippen MR) is 190 cm³/mol. The molecule has 1 saturated heterocycles. The maximum atomic E-state index is 14.5. The maximum absolute atomic E-state index is 14.5. The number of ether oxygens (including phenoxy) is 1. The first-order valence-electron chi connectivity index (χ1n) is 16.8. The molecule has 1 heterocycles. The van der Waals surface area contributed by atoms with E-state index in [-0.39, 0.29) is 11.8 Å². The van der Waals surface area contributed by atoms with Gasteiger partial charge in [0, 0.05) is 51.8 Å². The van der Waals surface area contributed by atoms with E-state index in [1.54, 1.807) is 18.1 Å². The predicted octanol–water partition coefficient (Wildman–Crippen LogP) is 7.04. The van der Waals surface area contributed by atoms with Crippen molar-refractivity contribution in [2.45, 2.75) is 51.7 Å². The molecular weight excluding hydrogens is 582 g/mol. The molecule has 0 unspecified atom stereocenters. The van der Waals surface area contributed by atoms with E-state index in [0.29, 0.717) is 26.1 Å². The summed E-state index contributed by atoms with van der Waals surface area (Å²) in [5.74, 6) is 0.571. The van der Waals surface area contributed by atoms with Crippen LogP contribution in [0.1, 0.15) is 47.6 Å². The van der Waals surface area contributed by atoms with Crippen LogP contribution in [0, 0.1) is 0 Å². The average Bonchev–Trinajstić information content (AvgIpc) is 3.13. The zero-order chi connectivity index (χ0) is 32.8. The molecule has 0 N–H and O–H groups in total. The molecule has 2 amide bonds. The van der Waals surface area contributed by atoms with Crippen molar-refractivity contribution in [1.82, 2.24) is 14.7 Å². The lowest BCUT2D eigenvalue weighted by atomic mass is 10.0. The highest BCUT2D eigenvalue weighted by atomic mass is 16.5. The highest BCUT2D eigenvalue weighted by Crippen LogP contribution is 2.20. The van der Waals surface area contributed by atoms with Crippen molar-refractivity contribution in [3.63, 3.8) is 0 Å². The fraction of sp³-hybridized carbons (Fsp3) is 0.317. The van der Waals surface area contributed by atoms with Gasteiger partial charge >= 0.3 is 0 Å². The molecule has 1 atom stereocenters. The van der Waals surface area contributed by atoms with Gasteiger partial charge in [0.25, 0.3) is 0 Å². The van der Waals surface area contributed by atoms with Crippen LogP contribution in [-0.2, 0) is 35.5 Å². The zero-order valence-corrected chi connectivity index (χ0v) is 27.8. The van der Waals surface area contributed by atoms with Gasteiger partial charge in [-0.05, 0) is 58.9 Å². The normalized spacial score (nSPS) is 14.2. The quantitative estimate of drug-likeness (QED) is 0.141. The van der Waals surface area contributed by atoms with E-state index in [2.05, 4.69) is 60.4 Å². The minimum absolute atomic E-state index is 0.000947. The van der Waals surface area contributed by atoms with Crippen LogP contribution in [0.5, 0.6) is 5.75 Å². The topological polar surface area (TPSA) is 53.1 Å². The molecule has 47 heavy (non-hydrogen) atoms. The summed E-state index contributed by atoms with van der Waals surface area (Å²) in [6.45, 7) is 6.26. The van der Waals surface area contributed by atoms with Gasteiger partial charge in [-0.1, -0.05) is 110 Å². The van der Waals surface area contributed by atoms with Crippen LogP contribution < -0.4 is 4.74 Å². The Labute approximate surface area is 280 Å². The van der Waals surface area contributed by atoms with Gasteiger partial charge in [0.15, 0.2) is 0 Å². The molecular formula is C41H47N3O3. The summed E-state index contributed by atoms with van der Waals surface area (Å²) in [4.78, 5) is 34.8.